The van der Waals surface area contributed by atoms with E-state index in [1.165, 1.54) is 48.2 Å². The summed E-state index contributed by atoms with van der Waals surface area (Å²) in [5, 5.41) is 0. The van der Waals surface area contributed by atoms with Crippen LogP contribution in [0.15, 0.2) is 71.2 Å². The molecule has 130 valence electrons. The second-order valence-electron chi connectivity index (χ2n) is 7.03. The van der Waals surface area contributed by atoms with Crippen LogP contribution in [0.1, 0.15) is 57.6 Å². The van der Waals surface area contributed by atoms with Gasteiger partial charge >= 0.3 is 0 Å². The van der Waals surface area contributed by atoms with Gasteiger partial charge in [-0.1, -0.05) is 94.3 Å². The number of benzene rings is 2. The molecule has 1 aliphatic heterocycles. The van der Waals surface area contributed by atoms with E-state index < -0.39 is 0 Å². The van der Waals surface area contributed by atoms with Crippen LogP contribution in [0.2, 0.25) is 0 Å². The summed E-state index contributed by atoms with van der Waals surface area (Å²) in [6.45, 7) is 6.93. The van der Waals surface area contributed by atoms with E-state index in [1.807, 2.05) is 0 Å². The van der Waals surface area contributed by atoms with Crippen LogP contribution < -0.4 is 0 Å². The quantitative estimate of drug-likeness (QED) is 0.532. The highest BCUT2D eigenvalue weighted by Gasteiger charge is 2.32. The molecule has 0 radical (unpaired) electrons. The minimum Gasteiger partial charge on any atom is -0.252 e. The zero-order chi connectivity index (χ0) is 17.6. The summed E-state index contributed by atoms with van der Waals surface area (Å²) in [4.78, 5) is 5.17. The van der Waals surface area contributed by atoms with Gasteiger partial charge in [0.1, 0.15) is 0 Å². The van der Waals surface area contributed by atoms with E-state index in [-0.39, 0.29) is 0 Å². The lowest BCUT2D eigenvalue weighted by atomic mass is 9.80. The van der Waals surface area contributed by atoms with E-state index in [9.17, 15) is 0 Å². The van der Waals surface area contributed by atoms with E-state index in [4.69, 9.17) is 4.99 Å². The summed E-state index contributed by atoms with van der Waals surface area (Å²) in [5.74, 6) is 1.02. The van der Waals surface area contributed by atoms with Crippen LogP contribution in [0.3, 0.4) is 0 Å². The zero-order valence-electron chi connectivity index (χ0n) is 15.7. The van der Waals surface area contributed by atoms with Crippen molar-refractivity contribution in [2.75, 3.05) is 0 Å². The Kier molecular flexibility index (Phi) is 5.86. The molecule has 1 heterocycles. The lowest BCUT2D eigenvalue weighted by Gasteiger charge is -2.23. The molecule has 2 aromatic carbocycles. The van der Waals surface area contributed by atoms with Crippen molar-refractivity contribution < 1.29 is 0 Å². The van der Waals surface area contributed by atoms with Crippen molar-refractivity contribution in [1.29, 1.82) is 0 Å². The molecule has 2 aromatic rings. The topological polar surface area (TPSA) is 12.4 Å². The Morgan fingerprint density at radius 3 is 1.84 bits per heavy atom. The van der Waals surface area contributed by atoms with Crippen molar-refractivity contribution in [3.63, 3.8) is 0 Å². The van der Waals surface area contributed by atoms with Gasteiger partial charge in [-0.15, -0.1) is 0 Å². The molecule has 0 aromatic heterocycles. The predicted octanol–water partition coefficient (Wildman–Crippen LogP) is 6.75. The largest absolute Gasteiger partial charge is 0.252 e. The predicted molar refractivity (Wildman–Crippen MR) is 109 cm³/mol. The van der Waals surface area contributed by atoms with Crippen molar-refractivity contribution in [3.05, 3.63) is 77.4 Å². The van der Waals surface area contributed by atoms with Gasteiger partial charge in [-0.3, -0.25) is 4.99 Å². The van der Waals surface area contributed by atoms with Crippen LogP contribution in [0.4, 0.5) is 0 Å². The Morgan fingerprint density at radius 2 is 1.32 bits per heavy atom. The number of allylic oxidation sites excluding steroid dienone is 1. The zero-order valence-corrected chi connectivity index (χ0v) is 15.7. The molecule has 0 spiro atoms. The molecule has 1 heteroatoms. The Morgan fingerprint density at radius 1 is 0.800 bits per heavy atom. The summed E-state index contributed by atoms with van der Waals surface area (Å²) < 4.78 is 0. The highest BCUT2D eigenvalue weighted by molar-refractivity contribution is 6.10. The van der Waals surface area contributed by atoms with Crippen molar-refractivity contribution in [3.8, 4) is 0 Å². The van der Waals surface area contributed by atoms with Crippen LogP contribution in [-0.4, -0.2) is 5.71 Å². The number of hydrogen-bond donors (Lipinski definition) is 0. The highest BCUT2D eigenvalue weighted by Crippen LogP contribution is 2.41. The van der Waals surface area contributed by atoms with E-state index in [0.29, 0.717) is 11.8 Å². The summed E-state index contributed by atoms with van der Waals surface area (Å²) in [6, 6.07) is 21.4. The maximum atomic E-state index is 5.17. The van der Waals surface area contributed by atoms with Crippen molar-refractivity contribution in [2.45, 2.75) is 46.5 Å². The number of aliphatic imine (C=N–C) groups is 1. The minimum absolute atomic E-state index is 0.390. The third kappa shape index (κ3) is 3.76. The van der Waals surface area contributed by atoms with Crippen LogP contribution >= 0.6 is 0 Å². The summed E-state index contributed by atoms with van der Waals surface area (Å²) in [6.07, 6.45) is 4.95. The minimum atomic E-state index is 0.390. The van der Waals surface area contributed by atoms with Gasteiger partial charge in [0.05, 0.1) is 11.4 Å². The summed E-state index contributed by atoms with van der Waals surface area (Å²) in [5.41, 5.74) is 6.51. The third-order valence-corrected chi connectivity index (χ3v) is 5.21. The highest BCUT2D eigenvalue weighted by atomic mass is 14.8. The van der Waals surface area contributed by atoms with Gasteiger partial charge in [-0.25, -0.2) is 0 Å². The normalized spacial score (nSPS) is 17.3. The molecular weight excluding hydrogens is 302 g/mol. The van der Waals surface area contributed by atoms with Gasteiger partial charge in [0.2, 0.25) is 0 Å². The second kappa shape index (κ2) is 8.29. The molecule has 1 unspecified atom stereocenters. The maximum Gasteiger partial charge on any atom is 0.0707 e. The fourth-order valence-electron chi connectivity index (χ4n) is 4.08. The fourth-order valence-corrected chi connectivity index (χ4v) is 4.08. The van der Waals surface area contributed by atoms with Crippen LogP contribution in [0, 0.1) is 11.8 Å². The third-order valence-electron chi connectivity index (χ3n) is 5.21. The monoisotopic (exact) mass is 331 g/mol. The molecular formula is C24H29N. The number of hydrogen-bond acceptors (Lipinski definition) is 1. The number of nitrogens with zero attached hydrogens (tertiary/aromatic N) is 1. The van der Waals surface area contributed by atoms with Crippen molar-refractivity contribution in [2.24, 2.45) is 16.8 Å². The Balaban J connectivity index is 2.08. The molecule has 0 bridgehead atoms. The van der Waals surface area contributed by atoms with Crippen LogP contribution in [-0.2, 0) is 0 Å². The Hall–Kier alpha value is -2.15. The Labute approximate surface area is 152 Å². The number of rotatable bonds is 7. The van der Waals surface area contributed by atoms with E-state index in [1.54, 1.807) is 5.57 Å². The average molecular weight is 332 g/mol. The first kappa shape index (κ1) is 17.7. The molecule has 1 aliphatic rings. The lowest BCUT2D eigenvalue weighted by Crippen LogP contribution is -2.17. The molecule has 0 saturated carbocycles. The lowest BCUT2D eigenvalue weighted by molar-refractivity contribution is 0.483. The molecule has 0 aliphatic carbocycles. The maximum absolute atomic E-state index is 5.17. The van der Waals surface area contributed by atoms with Gasteiger partial charge in [-0.2, -0.15) is 0 Å². The standard InChI is InChI=1S/C24H29N/c1-4-12-19(13-5-2)22-18(3)23(20-14-8-6-9-15-20)25-24(22)21-16-10-7-11-17-21/h6-11,14-19H,4-5,12-13H2,1-3H3. The Bertz CT molecular complexity index is 734. The van der Waals surface area contributed by atoms with Gasteiger partial charge in [0, 0.05) is 11.5 Å². The van der Waals surface area contributed by atoms with E-state index >= 15 is 0 Å². The molecule has 1 atom stereocenters. The smallest absolute Gasteiger partial charge is 0.0707 e. The van der Waals surface area contributed by atoms with Gasteiger partial charge in [0.25, 0.3) is 0 Å². The van der Waals surface area contributed by atoms with Gasteiger partial charge < -0.3 is 0 Å². The van der Waals surface area contributed by atoms with E-state index in [0.717, 1.165) is 0 Å². The molecule has 0 fully saturated rings. The molecule has 1 nitrogen and oxygen atoms in total. The second-order valence-corrected chi connectivity index (χ2v) is 7.03. The first-order chi connectivity index (χ1) is 12.3. The average Bonchev–Trinajstić information content (AvgIpc) is 3.00. The first-order valence-corrected chi connectivity index (χ1v) is 9.69. The molecule has 0 amide bonds. The molecule has 0 saturated heterocycles. The summed E-state index contributed by atoms with van der Waals surface area (Å²) >= 11 is 0. The van der Waals surface area contributed by atoms with Gasteiger partial charge in [0.15, 0.2) is 0 Å². The summed E-state index contributed by atoms with van der Waals surface area (Å²) in [7, 11) is 0. The molecule has 0 N–H and O–H groups in total. The van der Waals surface area contributed by atoms with Gasteiger partial charge in [-0.05, 0) is 29.9 Å². The molecule has 25 heavy (non-hydrogen) atoms. The van der Waals surface area contributed by atoms with E-state index in [2.05, 4.69) is 81.4 Å². The van der Waals surface area contributed by atoms with Crippen molar-refractivity contribution >= 4 is 11.4 Å². The van der Waals surface area contributed by atoms with Crippen molar-refractivity contribution in [1.82, 2.24) is 0 Å². The van der Waals surface area contributed by atoms with Crippen LogP contribution in [0.5, 0.6) is 0 Å². The first-order valence-electron chi connectivity index (χ1n) is 9.69. The van der Waals surface area contributed by atoms with Crippen LogP contribution in [0.25, 0.3) is 5.70 Å². The fraction of sp³-hybridized carbons (Fsp3) is 0.375. The molecule has 3 rings (SSSR count). The SMILES string of the molecule is CCCC(CCC)C1=C(c2ccccc2)N=C(c2ccccc2)C1C.